The molecule has 0 radical (unpaired) electrons. The second kappa shape index (κ2) is 34.0. The number of rotatable bonds is 38. The fraction of sp³-hybridized carbons (Fsp3) is 0.976. The molecule has 0 saturated carbocycles. The summed E-state index contributed by atoms with van der Waals surface area (Å²) in [5.74, 6) is -0.229. The highest BCUT2D eigenvalue weighted by Crippen LogP contribution is 2.26. The Morgan fingerprint density at radius 2 is 1.05 bits per heavy atom. The summed E-state index contributed by atoms with van der Waals surface area (Å²) in [5.41, 5.74) is 0. The van der Waals surface area contributed by atoms with Crippen molar-refractivity contribution in [3.63, 3.8) is 0 Å². The van der Waals surface area contributed by atoms with Crippen molar-refractivity contribution >= 4 is 16.3 Å². The first-order valence-electron chi connectivity index (χ1n) is 22.4. The Balaban J connectivity index is 2.50. The lowest BCUT2D eigenvalue weighted by molar-refractivity contribution is -0.298. The molecule has 1 aliphatic heterocycles. The van der Waals surface area contributed by atoms with Gasteiger partial charge in [0.25, 0.3) is 0 Å². The number of ether oxygens (including phenoxy) is 2. The van der Waals surface area contributed by atoms with Crippen LogP contribution in [0.5, 0.6) is 0 Å². The molecular formula is C42H83NO11S. The summed E-state index contributed by atoms with van der Waals surface area (Å²) in [6.45, 7) is 3.44. The normalized spacial score (nSPS) is 21.5. The van der Waals surface area contributed by atoms with Crippen LogP contribution in [0.25, 0.3) is 0 Å². The number of hydrogen-bond acceptors (Lipinski definition) is 10. The van der Waals surface area contributed by atoms with Gasteiger partial charge >= 0.3 is 10.4 Å². The van der Waals surface area contributed by atoms with Gasteiger partial charge in [-0.25, -0.2) is 4.18 Å². The first-order chi connectivity index (χ1) is 26.5. The largest absolute Gasteiger partial charge is 0.397 e. The molecule has 0 bridgehead atoms. The number of aliphatic hydroxyl groups is 4. The van der Waals surface area contributed by atoms with Gasteiger partial charge in [-0.05, 0) is 12.8 Å². The second-order valence-corrected chi connectivity index (χ2v) is 17.0. The van der Waals surface area contributed by atoms with Gasteiger partial charge < -0.3 is 35.2 Å². The SMILES string of the molecule is CCCCCCCCCCCCCCCCCCCC(O)C(COC1OC(CO)C(O)C(OS(=O)(=O)O)C1O)NC(=O)CCCCCCCCCCCCC. The van der Waals surface area contributed by atoms with Gasteiger partial charge in [0.1, 0.15) is 24.4 Å². The third-order valence-electron chi connectivity index (χ3n) is 10.9. The molecule has 12 nitrogen and oxygen atoms in total. The molecule has 328 valence electrons. The highest BCUT2D eigenvalue weighted by atomic mass is 32.3. The van der Waals surface area contributed by atoms with Gasteiger partial charge in [0, 0.05) is 6.42 Å². The molecule has 55 heavy (non-hydrogen) atoms. The maximum Gasteiger partial charge on any atom is 0.397 e. The van der Waals surface area contributed by atoms with Crippen molar-refractivity contribution in [1.29, 1.82) is 0 Å². The summed E-state index contributed by atoms with van der Waals surface area (Å²) in [4.78, 5) is 13.0. The lowest BCUT2D eigenvalue weighted by atomic mass is 9.99. The van der Waals surface area contributed by atoms with E-state index in [4.69, 9.17) is 14.0 Å². The minimum atomic E-state index is -5.07. The molecule has 6 N–H and O–H groups in total. The first-order valence-corrected chi connectivity index (χ1v) is 23.8. The van der Waals surface area contributed by atoms with E-state index >= 15 is 0 Å². The molecule has 1 rings (SSSR count). The Morgan fingerprint density at radius 3 is 1.45 bits per heavy atom. The van der Waals surface area contributed by atoms with E-state index in [0.29, 0.717) is 12.8 Å². The van der Waals surface area contributed by atoms with Gasteiger partial charge in [-0.15, -0.1) is 0 Å². The number of nitrogens with one attached hydrogen (secondary N) is 1. The van der Waals surface area contributed by atoms with Crippen molar-refractivity contribution < 1.29 is 51.8 Å². The Hall–Kier alpha value is -0.900. The van der Waals surface area contributed by atoms with Crippen LogP contribution < -0.4 is 5.32 Å². The maximum atomic E-state index is 13.0. The minimum Gasteiger partial charge on any atom is -0.394 e. The van der Waals surface area contributed by atoms with E-state index in [1.54, 1.807) is 0 Å². The third-order valence-corrected chi connectivity index (χ3v) is 11.4. The summed E-state index contributed by atoms with van der Waals surface area (Å²) in [6, 6.07) is -0.850. The maximum absolute atomic E-state index is 13.0. The molecule has 1 fully saturated rings. The van der Waals surface area contributed by atoms with Crippen LogP contribution in [-0.4, -0.2) is 95.4 Å². The van der Waals surface area contributed by atoms with Crippen LogP contribution in [0.4, 0.5) is 0 Å². The fourth-order valence-electron chi connectivity index (χ4n) is 7.40. The van der Waals surface area contributed by atoms with E-state index in [-0.39, 0.29) is 12.5 Å². The highest BCUT2D eigenvalue weighted by Gasteiger charge is 2.48. The van der Waals surface area contributed by atoms with Crippen molar-refractivity contribution in [2.45, 2.75) is 249 Å². The molecule has 7 atom stereocenters. The van der Waals surface area contributed by atoms with Gasteiger partial charge in [0.2, 0.25) is 5.91 Å². The molecule has 0 aliphatic carbocycles. The van der Waals surface area contributed by atoms with Crippen LogP contribution in [0.2, 0.25) is 0 Å². The molecule has 0 aromatic heterocycles. The smallest absolute Gasteiger partial charge is 0.394 e. The molecule has 7 unspecified atom stereocenters. The Labute approximate surface area is 335 Å². The number of carbonyl (C=O) groups excluding carboxylic acids is 1. The number of hydrogen-bond donors (Lipinski definition) is 6. The van der Waals surface area contributed by atoms with E-state index in [2.05, 4.69) is 23.3 Å². The molecule has 13 heteroatoms. The van der Waals surface area contributed by atoms with Crippen molar-refractivity contribution in [1.82, 2.24) is 5.32 Å². The van der Waals surface area contributed by atoms with Crippen molar-refractivity contribution in [3.05, 3.63) is 0 Å². The van der Waals surface area contributed by atoms with E-state index < -0.39 is 59.9 Å². The molecule has 0 spiro atoms. The molecule has 0 aromatic rings. The monoisotopic (exact) mass is 810 g/mol. The predicted octanol–water partition coefficient (Wildman–Crippen LogP) is 8.22. The second-order valence-electron chi connectivity index (χ2n) is 16.0. The summed E-state index contributed by atoms with van der Waals surface area (Å²) < 4.78 is 47.6. The van der Waals surface area contributed by atoms with Crippen LogP contribution in [-0.2, 0) is 28.9 Å². The number of unbranched alkanes of at least 4 members (excludes halogenated alkanes) is 26. The zero-order chi connectivity index (χ0) is 40.6. The Bertz CT molecular complexity index is 1000. The van der Waals surface area contributed by atoms with E-state index in [0.717, 1.165) is 51.4 Å². The van der Waals surface area contributed by atoms with Gasteiger partial charge in [0.15, 0.2) is 6.29 Å². The summed E-state index contributed by atoms with van der Waals surface area (Å²) in [7, 11) is -5.07. The quantitative estimate of drug-likeness (QED) is 0.0260. The number of carbonyl (C=O) groups is 1. The van der Waals surface area contributed by atoms with Crippen LogP contribution >= 0.6 is 0 Å². The zero-order valence-electron chi connectivity index (χ0n) is 34.8. The van der Waals surface area contributed by atoms with Gasteiger partial charge in [-0.2, -0.15) is 8.42 Å². The molecule has 1 saturated heterocycles. The summed E-state index contributed by atoms with van der Waals surface area (Å²) >= 11 is 0. The highest BCUT2D eigenvalue weighted by molar-refractivity contribution is 7.80. The van der Waals surface area contributed by atoms with Gasteiger partial charge in [-0.3, -0.25) is 9.35 Å². The number of amides is 1. The Morgan fingerprint density at radius 1 is 0.655 bits per heavy atom. The van der Waals surface area contributed by atoms with E-state index in [1.807, 2.05) is 0 Å². The average Bonchev–Trinajstić information content (AvgIpc) is 3.15. The molecule has 1 heterocycles. The lowest BCUT2D eigenvalue weighted by Gasteiger charge is -2.41. The van der Waals surface area contributed by atoms with Crippen LogP contribution in [0, 0.1) is 0 Å². The third kappa shape index (κ3) is 27.4. The molecule has 0 aromatic carbocycles. The van der Waals surface area contributed by atoms with Crippen molar-refractivity contribution in [2.24, 2.45) is 0 Å². The molecule has 1 aliphatic rings. The van der Waals surface area contributed by atoms with Crippen molar-refractivity contribution in [3.8, 4) is 0 Å². The zero-order valence-corrected chi connectivity index (χ0v) is 35.6. The topological polar surface area (TPSA) is 192 Å². The first kappa shape index (κ1) is 52.1. The van der Waals surface area contributed by atoms with Crippen LogP contribution in [0.1, 0.15) is 206 Å². The van der Waals surface area contributed by atoms with Gasteiger partial charge in [-0.1, -0.05) is 187 Å². The standard InChI is InChI=1S/C42H83NO11S/c1-3-5-7-9-11-13-15-16-17-18-19-20-22-23-25-27-29-31-36(45)35(43-38(46)32-30-28-26-24-21-14-12-10-8-6-4-2)34-52-42-40(48)41(54-55(49,50)51)39(47)37(33-44)53-42/h35-37,39-42,44-45,47-48H,3-34H2,1-2H3,(H,43,46)(H,49,50,51). The Kier molecular flexibility index (Phi) is 32.2. The predicted molar refractivity (Wildman–Crippen MR) is 218 cm³/mol. The summed E-state index contributed by atoms with van der Waals surface area (Å²) in [5, 5.41) is 44.8. The molecule has 1 amide bonds. The minimum absolute atomic E-state index is 0.229. The number of aliphatic hydroxyl groups excluding tert-OH is 4. The van der Waals surface area contributed by atoms with Gasteiger partial charge in [0.05, 0.1) is 25.4 Å². The summed E-state index contributed by atoms with van der Waals surface area (Å²) in [6.07, 6.45) is 25.3. The average molecular weight is 810 g/mol. The lowest BCUT2D eigenvalue weighted by Crippen LogP contribution is -2.61. The fourth-order valence-corrected chi connectivity index (χ4v) is 7.91. The van der Waals surface area contributed by atoms with Crippen LogP contribution in [0.3, 0.4) is 0 Å². The van der Waals surface area contributed by atoms with Crippen LogP contribution in [0.15, 0.2) is 0 Å². The van der Waals surface area contributed by atoms with E-state index in [1.165, 1.54) is 128 Å². The molecular weight excluding hydrogens is 727 g/mol. The van der Waals surface area contributed by atoms with Crippen molar-refractivity contribution in [2.75, 3.05) is 13.2 Å². The van der Waals surface area contributed by atoms with E-state index in [9.17, 15) is 33.6 Å².